The Balaban J connectivity index is 2.36. The molecule has 2 rings (SSSR count). The molecular weight excluding hydrogens is 335 g/mol. The minimum Gasteiger partial charge on any atom is -0.496 e. The lowest BCUT2D eigenvalue weighted by Gasteiger charge is -2.17. The van der Waals surface area contributed by atoms with Gasteiger partial charge in [-0.3, -0.25) is 0 Å². The number of halogens is 2. The van der Waals surface area contributed by atoms with Crippen LogP contribution in [-0.2, 0) is 0 Å². The van der Waals surface area contributed by atoms with Crippen molar-refractivity contribution in [2.45, 2.75) is 13.0 Å². The molecule has 0 fully saturated rings. The summed E-state index contributed by atoms with van der Waals surface area (Å²) in [5, 5.41) is 12.4. The van der Waals surface area contributed by atoms with Crippen molar-refractivity contribution in [2.24, 2.45) is 0 Å². The third-order valence-corrected chi connectivity index (χ3v) is 3.48. The number of nitrogens with one attached hydrogen (secondary N) is 1. The van der Waals surface area contributed by atoms with Gasteiger partial charge in [0.2, 0.25) is 0 Å². The van der Waals surface area contributed by atoms with E-state index in [1.807, 2.05) is 12.1 Å². The van der Waals surface area contributed by atoms with Crippen LogP contribution in [0, 0.1) is 24.1 Å². The molecule has 21 heavy (non-hydrogen) atoms. The number of aryl methyl sites for hydroxylation is 1. The van der Waals surface area contributed by atoms with Crippen LogP contribution >= 0.6 is 15.9 Å². The topological polar surface area (TPSA) is 45.0 Å². The highest BCUT2D eigenvalue weighted by Gasteiger charge is 2.16. The van der Waals surface area contributed by atoms with Crippen LogP contribution in [0.25, 0.3) is 0 Å². The van der Waals surface area contributed by atoms with E-state index >= 15 is 0 Å². The molecule has 2 aromatic carbocycles. The molecule has 0 heterocycles. The molecule has 0 aliphatic rings. The zero-order valence-corrected chi connectivity index (χ0v) is 13.2. The number of benzene rings is 2. The third kappa shape index (κ3) is 3.73. The minimum absolute atomic E-state index is 0.338. The highest BCUT2D eigenvalue weighted by molar-refractivity contribution is 9.10. The Hall–Kier alpha value is -2.06. The SMILES string of the molecule is COc1ccc(Br)cc1C(C#N)Nc1cc(C)cc(F)c1. The third-order valence-electron chi connectivity index (χ3n) is 2.98. The molecule has 0 aliphatic carbocycles. The van der Waals surface area contributed by atoms with E-state index in [0.717, 1.165) is 10.0 Å². The van der Waals surface area contributed by atoms with Crippen LogP contribution in [0.5, 0.6) is 5.75 Å². The number of hydrogen-bond donors (Lipinski definition) is 1. The zero-order valence-electron chi connectivity index (χ0n) is 11.7. The van der Waals surface area contributed by atoms with Crippen molar-refractivity contribution in [2.75, 3.05) is 12.4 Å². The maximum atomic E-state index is 13.4. The molecule has 0 amide bonds. The van der Waals surface area contributed by atoms with Crippen molar-refractivity contribution < 1.29 is 9.13 Å². The molecule has 0 spiro atoms. The van der Waals surface area contributed by atoms with E-state index in [0.29, 0.717) is 17.0 Å². The predicted octanol–water partition coefficient (Wildman–Crippen LogP) is 4.58. The van der Waals surface area contributed by atoms with Gasteiger partial charge in [-0.1, -0.05) is 15.9 Å². The number of methoxy groups -OCH3 is 1. The van der Waals surface area contributed by atoms with E-state index in [1.165, 1.54) is 12.1 Å². The van der Waals surface area contributed by atoms with Crippen molar-refractivity contribution >= 4 is 21.6 Å². The summed E-state index contributed by atoms with van der Waals surface area (Å²) in [4.78, 5) is 0. The molecule has 108 valence electrons. The van der Waals surface area contributed by atoms with Gasteiger partial charge in [-0.05, 0) is 48.9 Å². The molecule has 0 saturated carbocycles. The fourth-order valence-corrected chi connectivity index (χ4v) is 2.48. The summed E-state index contributed by atoms with van der Waals surface area (Å²) in [6, 6.07) is 11.6. The molecule has 1 unspecified atom stereocenters. The Morgan fingerprint density at radius 3 is 2.67 bits per heavy atom. The second-order valence-electron chi connectivity index (χ2n) is 4.61. The Morgan fingerprint density at radius 2 is 2.05 bits per heavy atom. The van der Waals surface area contributed by atoms with Crippen molar-refractivity contribution in [1.29, 1.82) is 5.26 Å². The Kier molecular flexibility index (Phi) is 4.81. The van der Waals surface area contributed by atoms with Crippen LogP contribution < -0.4 is 10.1 Å². The molecule has 0 aromatic heterocycles. The van der Waals surface area contributed by atoms with Crippen molar-refractivity contribution in [3.8, 4) is 11.8 Å². The molecule has 5 heteroatoms. The summed E-state index contributed by atoms with van der Waals surface area (Å²) in [5.74, 6) is 0.265. The highest BCUT2D eigenvalue weighted by atomic mass is 79.9. The summed E-state index contributed by atoms with van der Waals surface area (Å²) in [6.45, 7) is 1.80. The second-order valence-corrected chi connectivity index (χ2v) is 5.53. The van der Waals surface area contributed by atoms with Gasteiger partial charge in [0.15, 0.2) is 0 Å². The van der Waals surface area contributed by atoms with Gasteiger partial charge in [0.05, 0.1) is 13.2 Å². The number of ether oxygens (including phenoxy) is 1. The average Bonchev–Trinajstić information content (AvgIpc) is 2.43. The van der Waals surface area contributed by atoms with Gasteiger partial charge in [0, 0.05) is 15.7 Å². The van der Waals surface area contributed by atoms with Gasteiger partial charge in [0.1, 0.15) is 17.6 Å². The fourth-order valence-electron chi connectivity index (χ4n) is 2.10. The van der Waals surface area contributed by atoms with Crippen LogP contribution in [0.15, 0.2) is 40.9 Å². The quantitative estimate of drug-likeness (QED) is 0.879. The first-order valence-corrected chi connectivity index (χ1v) is 7.09. The van der Waals surface area contributed by atoms with Crippen LogP contribution in [0.3, 0.4) is 0 Å². The lowest BCUT2D eigenvalue weighted by molar-refractivity contribution is 0.409. The van der Waals surface area contributed by atoms with E-state index in [9.17, 15) is 9.65 Å². The number of rotatable bonds is 4. The standard InChI is InChI=1S/C16H14BrFN2O/c1-10-5-12(18)8-13(6-10)20-15(9-19)14-7-11(17)3-4-16(14)21-2/h3-8,15,20H,1-2H3. The molecule has 0 radical (unpaired) electrons. The van der Waals surface area contributed by atoms with E-state index in [1.54, 1.807) is 26.2 Å². The lowest BCUT2D eigenvalue weighted by atomic mass is 10.1. The Bertz CT molecular complexity index is 677. The molecule has 2 aromatic rings. The van der Waals surface area contributed by atoms with Crippen molar-refractivity contribution in [3.05, 3.63) is 57.8 Å². The first kappa shape index (κ1) is 15.3. The molecule has 0 aliphatic heterocycles. The van der Waals surface area contributed by atoms with E-state index in [4.69, 9.17) is 4.74 Å². The van der Waals surface area contributed by atoms with E-state index in [2.05, 4.69) is 27.3 Å². The second kappa shape index (κ2) is 6.59. The Labute approximate surface area is 131 Å². The summed E-state index contributed by atoms with van der Waals surface area (Å²) < 4.78 is 19.6. The number of hydrogen-bond acceptors (Lipinski definition) is 3. The smallest absolute Gasteiger partial charge is 0.143 e. The fraction of sp³-hybridized carbons (Fsp3) is 0.188. The van der Waals surface area contributed by atoms with Gasteiger partial charge in [0.25, 0.3) is 0 Å². The molecule has 1 N–H and O–H groups in total. The molecule has 0 bridgehead atoms. The Morgan fingerprint density at radius 1 is 1.29 bits per heavy atom. The number of anilines is 1. The normalized spacial score (nSPS) is 11.6. The summed E-state index contributed by atoms with van der Waals surface area (Å²) in [6.07, 6.45) is 0. The molecule has 1 atom stereocenters. The van der Waals surface area contributed by atoms with Crippen LogP contribution in [0.2, 0.25) is 0 Å². The highest BCUT2D eigenvalue weighted by Crippen LogP contribution is 2.30. The number of nitrogens with zero attached hydrogens (tertiary/aromatic N) is 1. The zero-order chi connectivity index (χ0) is 15.4. The summed E-state index contributed by atoms with van der Waals surface area (Å²) in [5.41, 5.74) is 2.03. The van der Waals surface area contributed by atoms with Gasteiger partial charge in [-0.2, -0.15) is 5.26 Å². The first-order chi connectivity index (χ1) is 10.0. The van der Waals surface area contributed by atoms with Gasteiger partial charge in [-0.25, -0.2) is 4.39 Å². The van der Waals surface area contributed by atoms with Gasteiger partial charge >= 0.3 is 0 Å². The van der Waals surface area contributed by atoms with Gasteiger partial charge in [-0.15, -0.1) is 0 Å². The lowest BCUT2D eigenvalue weighted by Crippen LogP contribution is -2.10. The maximum Gasteiger partial charge on any atom is 0.143 e. The molecule has 3 nitrogen and oxygen atoms in total. The minimum atomic E-state index is -0.640. The average molecular weight is 349 g/mol. The predicted molar refractivity (Wildman–Crippen MR) is 83.8 cm³/mol. The van der Waals surface area contributed by atoms with E-state index < -0.39 is 6.04 Å². The molecular formula is C16H14BrFN2O. The monoisotopic (exact) mass is 348 g/mol. The van der Waals surface area contributed by atoms with Crippen molar-refractivity contribution in [1.82, 2.24) is 0 Å². The van der Waals surface area contributed by atoms with E-state index in [-0.39, 0.29) is 5.82 Å². The van der Waals surface area contributed by atoms with Crippen molar-refractivity contribution in [3.63, 3.8) is 0 Å². The first-order valence-electron chi connectivity index (χ1n) is 6.30. The summed E-state index contributed by atoms with van der Waals surface area (Å²) >= 11 is 3.38. The maximum absolute atomic E-state index is 13.4. The van der Waals surface area contributed by atoms with Gasteiger partial charge < -0.3 is 10.1 Å². The van der Waals surface area contributed by atoms with Crippen LogP contribution in [0.1, 0.15) is 17.2 Å². The van der Waals surface area contributed by atoms with Crippen LogP contribution in [-0.4, -0.2) is 7.11 Å². The van der Waals surface area contributed by atoms with Crippen LogP contribution in [0.4, 0.5) is 10.1 Å². The number of nitriles is 1. The summed E-state index contributed by atoms with van der Waals surface area (Å²) in [7, 11) is 1.55. The largest absolute Gasteiger partial charge is 0.496 e. The molecule has 0 saturated heterocycles.